The van der Waals surface area contributed by atoms with Gasteiger partial charge in [-0.3, -0.25) is 4.79 Å². The van der Waals surface area contributed by atoms with Gasteiger partial charge in [0.15, 0.2) is 5.78 Å². The lowest BCUT2D eigenvalue weighted by molar-refractivity contribution is 0.0183. The molecule has 0 aromatic heterocycles. The fourth-order valence-corrected chi connectivity index (χ4v) is 2.88. The summed E-state index contributed by atoms with van der Waals surface area (Å²) < 4.78 is 5.38. The molecule has 126 valence electrons. The zero-order chi connectivity index (χ0) is 17.0. The Bertz CT molecular complexity index is 572. The molecule has 4 nitrogen and oxygen atoms in total. The molecule has 1 aliphatic heterocycles. The number of hydrogen-bond donors (Lipinski definition) is 0. The van der Waals surface area contributed by atoms with Crippen LogP contribution in [0.4, 0.5) is 4.79 Å². The molecule has 5 heteroatoms. The summed E-state index contributed by atoms with van der Waals surface area (Å²) in [6.07, 6.45) is 1.89. The van der Waals surface area contributed by atoms with Crippen molar-refractivity contribution in [1.29, 1.82) is 0 Å². The molecule has 1 aromatic carbocycles. The van der Waals surface area contributed by atoms with E-state index in [-0.39, 0.29) is 11.9 Å². The Morgan fingerprint density at radius 1 is 1.26 bits per heavy atom. The molecule has 2 rings (SSSR count). The number of nitrogens with zero attached hydrogens (tertiary/aromatic N) is 1. The van der Waals surface area contributed by atoms with E-state index in [1.54, 1.807) is 29.2 Å². The molecule has 1 saturated heterocycles. The van der Waals surface area contributed by atoms with Gasteiger partial charge in [-0.05, 0) is 51.7 Å². The molecule has 0 atom stereocenters. The molecule has 0 unspecified atom stereocenters. The van der Waals surface area contributed by atoms with Gasteiger partial charge >= 0.3 is 6.09 Å². The minimum atomic E-state index is -0.476. The predicted molar refractivity (Wildman–Crippen MR) is 90.9 cm³/mol. The fourth-order valence-electron chi connectivity index (χ4n) is 2.69. The van der Waals surface area contributed by atoms with E-state index in [4.69, 9.17) is 16.3 Å². The molecule has 0 aliphatic carbocycles. The van der Waals surface area contributed by atoms with E-state index in [1.165, 1.54) is 0 Å². The number of carbonyl (C=O) groups is 2. The zero-order valence-electron chi connectivity index (χ0n) is 14.0. The number of carbonyl (C=O) groups excluding carboxylic acids is 2. The van der Waals surface area contributed by atoms with E-state index in [0.29, 0.717) is 36.0 Å². The Hall–Kier alpha value is -1.55. The Kier molecular flexibility index (Phi) is 5.69. The van der Waals surface area contributed by atoms with Crippen LogP contribution < -0.4 is 0 Å². The zero-order valence-corrected chi connectivity index (χ0v) is 14.7. The number of likely N-dealkylation sites (tertiary alicyclic amines) is 1. The van der Waals surface area contributed by atoms with Crippen molar-refractivity contribution in [3.63, 3.8) is 0 Å². The van der Waals surface area contributed by atoms with Gasteiger partial charge in [0, 0.05) is 30.1 Å². The lowest BCUT2D eigenvalue weighted by atomic mass is 9.90. The first kappa shape index (κ1) is 17.8. The van der Waals surface area contributed by atoms with Gasteiger partial charge in [0.25, 0.3) is 0 Å². The SMILES string of the molecule is CC(C)(C)OC(=O)N1CCC(CC(=O)c2cccc(Cl)c2)CC1. The minimum absolute atomic E-state index is 0.114. The third kappa shape index (κ3) is 5.54. The summed E-state index contributed by atoms with van der Waals surface area (Å²) in [5, 5.41) is 0.579. The van der Waals surface area contributed by atoms with Gasteiger partial charge in [-0.15, -0.1) is 0 Å². The molecular formula is C18H24ClNO3. The Labute approximate surface area is 142 Å². The Morgan fingerprint density at radius 2 is 1.91 bits per heavy atom. The maximum atomic E-state index is 12.3. The van der Waals surface area contributed by atoms with Crippen molar-refractivity contribution < 1.29 is 14.3 Å². The molecule has 1 amide bonds. The second-order valence-electron chi connectivity index (χ2n) is 7.05. The van der Waals surface area contributed by atoms with Crippen LogP contribution in [0.2, 0.25) is 5.02 Å². The molecule has 0 saturated carbocycles. The smallest absolute Gasteiger partial charge is 0.410 e. The quantitative estimate of drug-likeness (QED) is 0.759. The van der Waals surface area contributed by atoms with Crippen LogP contribution >= 0.6 is 11.6 Å². The summed E-state index contributed by atoms with van der Waals surface area (Å²) in [5.74, 6) is 0.420. The fraction of sp³-hybridized carbons (Fsp3) is 0.556. The third-order valence-electron chi connectivity index (χ3n) is 3.89. The molecule has 1 fully saturated rings. The molecule has 1 heterocycles. The maximum Gasteiger partial charge on any atom is 0.410 e. The number of benzene rings is 1. The number of ether oxygens (including phenoxy) is 1. The summed E-state index contributed by atoms with van der Waals surface area (Å²) in [5.41, 5.74) is 0.184. The number of halogens is 1. The minimum Gasteiger partial charge on any atom is -0.444 e. The summed E-state index contributed by atoms with van der Waals surface area (Å²) in [6.45, 7) is 6.87. The number of Topliss-reactive ketones (excluding diaryl/α,β-unsaturated/α-hetero) is 1. The Morgan fingerprint density at radius 3 is 2.48 bits per heavy atom. The summed E-state index contributed by atoms with van der Waals surface area (Å²) in [6, 6.07) is 7.06. The lowest BCUT2D eigenvalue weighted by Gasteiger charge is -2.33. The highest BCUT2D eigenvalue weighted by molar-refractivity contribution is 6.31. The van der Waals surface area contributed by atoms with Gasteiger partial charge in [-0.1, -0.05) is 23.7 Å². The van der Waals surface area contributed by atoms with Gasteiger partial charge in [0.2, 0.25) is 0 Å². The van der Waals surface area contributed by atoms with Crippen molar-refractivity contribution in [2.75, 3.05) is 13.1 Å². The van der Waals surface area contributed by atoms with Gasteiger partial charge in [-0.2, -0.15) is 0 Å². The first-order valence-electron chi connectivity index (χ1n) is 8.01. The van der Waals surface area contributed by atoms with E-state index >= 15 is 0 Å². The van der Waals surface area contributed by atoms with Crippen molar-refractivity contribution in [2.45, 2.75) is 45.6 Å². The van der Waals surface area contributed by atoms with Crippen LogP contribution in [-0.4, -0.2) is 35.5 Å². The van der Waals surface area contributed by atoms with Crippen molar-refractivity contribution in [2.24, 2.45) is 5.92 Å². The van der Waals surface area contributed by atoms with Crippen LogP contribution in [0.25, 0.3) is 0 Å². The molecule has 0 radical (unpaired) electrons. The van der Waals surface area contributed by atoms with Crippen LogP contribution in [0.15, 0.2) is 24.3 Å². The molecule has 0 N–H and O–H groups in total. The van der Waals surface area contributed by atoms with Gasteiger partial charge < -0.3 is 9.64 Å². The molecule has 23 heavy (non-hydrogen) atoms. The lowest BCUT2D eigenvalue weighted by Crippen LogP contribution is -2.42. The number of piperidine rings is 1. The summed E-state index contributed by atoms with van der Waals surface area (Å²) >= 11 is 5.93. The molecule has 0 bridgehead atoms. The first-order valence-corrected chi connectivity index (χ1v) is 8.39. The highest BCUT2D eigenvalue weighted by Crippen LogP contribution is 2.24. The van der Waals surface area contributed by atoms with Crippen LogP contribution in [0.5, 0.6) is 0 Å². The van der Waals surface area contributed by atoms with Crippen LogP contribution in [0.3, 0.4) is 0 Å². The second kappa shape index (κ2) is 7.35. The van der Waals surface area contributed by atoms with E-state index in [0.717, 1.165) is 12.8 Å². The van der Waals surface area contributed by atoms with E-state index in [1.807, 2.05) is 20.8 Å². The molecular weight excluding hydrogens is 314 g/mol. The first-order chi connectivity index (χ1) is 10.7. The summed E-state index contributed by atoms with van der Waals surface area (Å²) in [4.78, 5) is 26.1. The number of ketones is 1. The van der Waals surface area contributed by atoms with Gasteiger partial charge in [0.05, 0.1) is 0 Å². The largest absolute Gasteiger partial charge is 0.444 e. The molecule has 1 aliphatic rings. The highest BCUT2D eigenvalue weighted by Gasteiger charge is 2.27. The standard InChI is InChI=1S/C18H24ClNO3/c1-18(2,3)23-17(22)20-9-7-13(8-10-20)11-16(21)14-5-4-6-15(19)12-14/h4-6,12-13H,7-11H2,1-3H3. The topological polar surface area (TPSA) is 46.6 Å². The maximum absolute atomic E-state index is 12.3. The van der Waals surface area contributed by atoms with Gasteiger partial charge in [0.1, 0.15) is 5.60 Å². The van der Waals surface area contributed by atoms with Crippen molar-refractivity contribution in [3.8, 4) is 0 Å². The number of hydrogen-bond acceptors (Lipinski definition) is 3. The molecule has 0 spiro atoms. The monoisotopic (exact) mass is 337 g/mol. The van der Waals surface area contributed by atoms with Crippen LogP contribution in [0.1, 0.15) is 50.4 Å². The Balaban J connectivity index is 1.83. The van der Waals surface area contributed by atoms with E-state index in [2.05, 4.69) is 0 Å². The van der Waals surface area contributed by atoms with Crippen LogP contribution in [-0.2, 0) is 4.74 Å². The van der Waals surface area contributed by atoms with E-state index < -0.39 is 5.60 Å². The van der Waals surface area contributed by atoms with Gasteiger partial charge in [-0.25, -0.2) is 4.79 Å². The normalized spacial score (nSPS) is 16.3. The highest BCUT2D eigenvalue weighted by atomic mass is 35.5. The number of rotatable bonds is 3. The molecule has 1 aromatic rings. The van der Waals surface area contributed by atoms with Crippen molar-refractivity contribution in [1.82, 2.24) is 4.90 Å². The average molecular weight is 338 g/mol. The van der Waals surface area contributed by atoms with E-state index in [9.17, 15) is 9.59 Å². The second-order valence-corrected chi connectivity index (χ2v) is 7.48. The predicted octanol–water partition coefficient (Wildman–Crippen LogP) is 4.56. The third-order valence-corrected chi connectivity index (χ3v) is 4.12. The summed E-state index contributed by atoms with van der Waals surface area (Å²) in [7, 11) is 0. The van der Waals surface area contributed by atoms with Crippen LogP contribution in [0, 0.1) is 5.92 Å². The number of amides is 1. The van der Waals surface area contributed by atoms with Crippen molar-refractivity contribution in [3.05, 3.63) is 34.9 Å². The average Bonchev–Trinajstić information content (AvgIpc) is 2.46. The van der Waals surface area contributed by atoms with Crippen molar-refractivity contribution >= 4 is 23.5 Å².